The van der Waals surface area contributed by atoms with E-state index in [1.54, 1.807) is 18.3 Å². The van der Waals surface area contributed by atoms with Gasteiger partial charge in [-0.2, -0.15) is 0 Å². The predicted molar refractivity (Wildman–Crippen MR) is 74.8 cm³/mol. The van der Waals surface area contributed by atoms with Gasteiger partial charge < -0.3 is 0 Å². The van der Waals surface area contributed by atoms with E-state index in [1.165, 1.54) is 4.68 Å². The summed E-state index contributed by atoms with van der Waals surface area (Å²) in [6, 6.07) is 3.31. The van der Waals surface area contributed by atoms with Crippen LogP contribution < -0.4 is 0 Å². The van der Waals surface area contributed by atoms with Crippen LogP contribution in [0.5, 0.6) is 0 Å². The predicted octanol–water partition coefficient (Wildman–Crippen LogP) is 3.25. The number of nitro benzene ring substituents is 1. The molecule has 0 aliphatic heterocycles. The molecule has 19 heavy (non-hydrogen) atoms. The number of aromatic nitrogens is 3. The quantitative estimate of drug-likeness (QED) is 0.493. The van der Waals surface area contributed by atoms with Crippen molar-refractivity contribution in [1.82, 2.24) is 15.0 Å². The lowest BCUT2D eigenvalue weighted by Crippen LogP contribution is -2.02. The molecular formula is C12H13BrN4O2. The molecule has 0 amide bonds. The van der Waals surface area contributed by atoms with Gasteiger partial charge in [0, 0.05) is 6.07 Å². The summed E-state index contributed by atoms with van der Waals surface area (Å²) in [5.41, 5.74) is 3.04. The SMILES string of the molecule is Cc1cc(-n2cc(C(C)Br)nn2)c([N+](=O)[O-])cc1C. The molecule has 0 fully saturated rings. The molecule has 7 heteroatoms. The van der Waals surface area contributed by atoms with Crippen molar-refractivity contribution in [2.24, 2.45) is 0 Å². The summed E-state index contributed by atoms with van der Waals surface area (Å²) in [5.74, 6) is 0. The summed E-state index contributed by atoms with van der Waals surface area (Å²) in [4.78, 5) is 10.8. The Hall–Kier alpha value is -1.76. The van der Waals surface area contributed by atoms with Gasteiger partial charge in [0.25, 0.3) is 5.69 Å². The summed E-state index contributed by atoms with van der Waals surface area (Å²) in [6.07, 6.45) is 1.69. The molecule has 100 valence electrons. The fourth-order valence-corrected chi connectivity index (χ4v) is 1.90. The first-order valence-corrected chi connectivity index (χ1v) is 6.64. The van der Waals surface area contributed by atoms with Crippen molar-refractivity contribution in [3.63, 3.8) is 0 Å². The number of alkyl halides is 1. The average Bonchev–Trinajstić information content (AvgIpc) is 2.81. The van der Waals surface area contributed by atoms with Gasteiger partial charge >= 0.3 is 0 Å². The van der Waals surface area contributed by atoms with E-state index >= 15 is 0 Å². The summed E-state index contributed by atoms with van der Waals surface area (Å²) in [6.45, 7) is 5.68. The van der Waals surface area contributed by atoms with E-state index in [4.69, 9.17) is 0 Å². The topological polar surface area (TPSA) is 73.8 Å². The van der Waals surface area contributed by atoms with E-state index in [2.05, 4.69) is 26.2 Å². The Balaban J connectivity index is 2.59. The van der Waals surface area contributed by atoms with Crippen molar-refractivity contribution in [2.75, 3.05) is 0 Å². The molecule has 0 bridgehead atoms. The maximum Gasteiger partial charge on any atom is 0.295 e. The molecule has 0 spiro atoms. The first-order valence-electron chi connectivity index (χ1n) is 5.72. The second-order valence-corrected chi connectivity index (χ2v) is 5.76. The molecule has 2 aromatic rings. The molecule has 0 aliphatic carbocycles. The summed E-state index contributed by atoms with van der Waals surface area (Å²) in [7, 11) is 0. The van der Waals surface area contributed by atoms with Crippen LogP contribution in [-0.2, 0) is 0 Å². The molecule has 1 atom stereocenters. The molecule has 0 saturated carbocycles. The van der Waals surface area contributed by atoms with Crippen molar-refractivity contribution in [1.29, 1.82) is 0 Å². The van der Waals surface area contributed by atoms with Crippen molar-refractivity contribution in [3.05, 3.63) is 45.3 Å². The number of benzene rings is 1. The molecule has 0 aliphatic rings. The Morgan fingerprint density at radius 2 is 2.00 bits per heavy atom. The van der Waals surface area contributed by atoms with Crippen LogP contribution in [0.3, 0.4) is 0 Å². The van der Waals surface area contributed by atoms with Crippen LogP contribution in [0, 0.1) is 24.0 Å². The van der Waals surface area contributed by atoms with Crippen molar-refractivity contribution in [2.45, 2.75) is 25.6 Å². The summed E-state index contributed by atoms with van der Waals surface area (Å²) in [5, 5.41) is 19.1. The van der Waals surface area contributed by atoms with Gasteiger partial charge in [0.15, 0.2) is 0 Å². The third-order valence-corrected chi connectivity index (χ3v) is 3.42. The lowest BCUT2D eigenvalue weighted by Gasteiger charge is -2.06. The molecule has 1 aromatic heterocycles. The third-order valence-electron chi connectivity index (χ3n) is 2.95. The van der Waals surface area contributed by atoms with Gasteiger partial charge in [-0.15, -0.1) is 5.10 Å². The number of halogens is 1. The highest BCUT2D eigenvalue weighted by Crippen LogP contribution is 2.27. The van der Waals surface area contributed by atoms with Crippen molar-refractivity contribution < 1.29 is 4.92 Å². The fraction of sp³-hybridized carbons (Fsp3) is 0.333. The molecule has 6 nitrogen and oxygen atoms in total. The van der Waals surface area contributed by atoms with E-state index in [0.717, 1.165) is 16.8 Å². The maximum atomic E-state index is 11.1. The van der Waals surface area contributed by atoms with Gasteiger partial charge in [-0.05, 0) is 38.0 Å². The smallest absolute Gasteiger partial charge is 0.258 e. The first kappa shape index (κ1) is 13.7. The highest BCUT2D eigenvalue weighted by Gasteiger charge is 2.19. The average molecular weight is 325 g/mol. The van der Waals surface area contributed by atoms with Gasteiger partial charge in [-0.3, -0.25) is 10.1 Å². The van der Waals surface area contributed by atoms with Gasteiger partial charge in [0.05, 0.1) is 21.6 Å². The van der Waals surface area contributed by atoms with Gasteiger partial charge in [0.1, 0.15) is 5.69 Å². The summed E-state index contributed by atoms with van der Waals surface area (Å²) < 4.78 is 1.44. The Labute approximate surface area is 118 Å². The van der Waals surface area contributed by atoms with Crippen LogP contribution in [0.4, 0.5) is 5.69 Å². The van der Waals surface area contributed by atoms with E-state index in [9.17, 15) is 10.1 Å². The number of hydrogen-bond donors (Lipinski definition) is 0. The molecule has 0 N–H and O–H groups in total. The minimum atomic E-state index is -0.402. The first-order chi connectivity index (χ1) is 8.90. The lowest BCUT2D eigenvalue weighted by molar-refractivity contribution is -0.384. The number of aryl methyl sites for hydroxylation is 2. The van der Waals surface area contributed by atoms with Crippen LogP contribution in [0.15, 0.2) is 18.3 Å². The number of nitro groups is 1. The van der Waals surface area contributed by atoms with Crippen molar-refractivity contribution >= 4 is 21.6 Å². The van der Waals surface area contributed by atoms with E-state index in [-0.39, 0.29) is 10.5 Å². The molecule has 1 aromatic carbocycles. The maximum absolute atomic E-state index is 11.1. The Morgan fingerprint density at radius 1 is 1.37 bits per heavy atom. The number of nitrogens with zero attached hydrogens (tertiary/aromatic N) is 4. The minimum absolute atomic E-state index is 0.0294. The second kappa shape index (κ2) is 5.08. The standard InChI is InChI=1S/C12H13BrN4O2/c1-7-4-11(12(17(18)19)5-8(7)2)16-6-10(9(3)13)14-15-16/h4-6,9H,1-3H3. The van der Waals surface area contributed by atoms with Gasteiger partial charge in [-0.25, -0.2) is 4.68 Å². The molecule has 1 unspecified atom stereocenters. The van der Waals surface area contributed by atoms with Gasteiger partial charge in [0.2, 0.25) is 0 Å². The fourth-order valence-electron chi connectivity index (χ4n) is 1.69. The van der Waals surface area contributed by atoms with Crippen LogP contribution in [0.2, 0.25) is 0 Å². The van der Waals surface area contributed by atoms with E-state index < -0.39 is 4.92 Å². The largest absolute Gasteiger partial charge is 0.295 e. The lowest BCUT2D eigenvalue weighted by atomic mass is 10.1. The zero-order valence-electron chi connectivity index (χ0n) is 10.8. The van der Waals surface area contributed by atoms with E-state index in [1.807, 2.05) is 20.8 Å². The normalized spacial score (nSPS) is 12.4. The Bertz CT molecular complexity index is 637. The molecule has 2 rings (SSSR count). The van der Waals surface area contributed by atoms with Crippen molar-refractivity contribution in [3.8, 4) is 5.69 Å². The van der Waals surface area contributed by atoms with Crippen LogP contribution in [-0.4, -0.2) is 19.9 Å². The Kier molecular flexibility index (Phi) is 3.66. The highest BCUT2D eigenvalue weighted by molar-refractivity contribution is 9.09. The second-order valence-electron chi connectivity index (χ2n) is 4.39. The summed E-state index contributed by atoms with van der Waals surface area (Å²) >= 11 is 3.39. The van der Waals surface area contributed by atoms with Crippen LogP contribution in [0.1, 0.15) is 28.6 Å². The molecule has 0 radical (unpaired) electrons. The van der Waals surface area contributed by atoms with Crippen LogP contribution in [0.25, 0.3) is 5.69 Å². The monoisotopic (exact) mass is 324 g/mol. The Morgan fingerprint density at radius 3 is 2.53 bits per heavy atom. The zero-order valence-corrected chi connectivity index (χ0v) is 12.4. The number of hydrogen-bond acceptors (Lipinski definition) is 4. The highest BCUT2D eigenvalue weighted by atomic mass is 79.9. The number of rotatable bonds is 3. The molecule has 1 heterocycles. The van der Waals surface area contributed by atoms with E-state index in [0.29, 0.717) is 5.69 Å². The molecule has 0 saturated heterocycles. The third kappa shape index (κ3) is 2.65. The zero-order chi connectivity index (χ0) is 14.2. The van der Waals surface area contributed by atoms with Crippen LogP contribution >= 0.6 is 15.9 Å². The molecular weight excluding hydrogens is 312 g/mol. The minimum Gasteiger partial charge on any atom is -0.258 e. The van der Waals surface area contributed by atoms with Gasteiger partial charge in [-0.1, -0.05) is 21.1 Å².